The molecule has 0 aliphatic carbocycles. The zero-order valence-electron chi connectivity index (χ0n) is 8.29. The van der Waals surface area contributed by atoms with Gasteiger partial charge in [0, 0.05) is 6.54 Å². The van der Waals surface area contributed by atoms with Gasteiger partial charge in [0.2, 0.25) is 0 Å². The Balaban J connectivity index is 2.23. The zero-order chi connectivity index (χ0) is 9.10. The van der Waals surface area contributed by atoms with Crippen molar-refractivity contribution in [3.8, 4) is 0 Å². The van der Waals surface area contributed by atoms with Crippen LogP contribution in [0.4, 0.5) is 0 Å². The first-order valence-corrected chi connectivity index (χ1v) is 5.19. The van der Waals surface area contributed by atoms with Gasteiger partial charge >= 0.3 is 0 Å². The molecule has 1 aliphatic heterocycles. The zero-order valence-corrected chi connectivity index (χ0v) is 8.29. The summed E-state index contributed by atoms with van der Waals surface area (Å²) in [5.74, 6) is 0. The summed E-state index contributed by atoms with van der Waals surface area (Å²) >= 11 is 0. The molecule has 70 valence electrons. The quantitative estimate of drug-likeness (QED) is 0.633. The molecule has 0 spiro atoms. The van der Waals surface area contributed by atoms with E-state index >= 15 is 0 Å². The molecule has 2 rings (SSSR count). The highest BCUT2D eigenvalue weighted by molar-refractivity contribution is 5.27. The summed E-state index contributed by atoms with van der Waals surface area (Å²) < 4.78 is 0. The Morgan fingerprint density at radius 2 is 2.00 bits per heavy atom. The number of aryl methyl sites for hydroxylation is 1. The smallest absolute Gasteiger partial charge is 0.0236 e. The molecule has 1 heterocycles. The van der Waals surface area contributed by atoms with E-state index in [1.54, 1.807) is 5.56 Å². The monoisotopic (exact) mass is 175 g/mol. The Labute approximate surface area is 80.4 Å². The standard InChI is InChI=1S/C12H17N/c1-2-13-9-5-8-11-6-3-4-7-12(11)10-13/h3-4,6-7H,2,5,8-10H2,1H3. The first-order valence-electron chi connectivity index (χ1n) is 5.19. The summed E-state index contributed by atoms with van der Waals surface area (Å²) in [5.41, 5.74) is 3.08. The molecule has 1 nitrogen and oxygen atoms in total. The predicted molar refractivity (Wildman–Crippen MR) is 55.7 cm³/mol. The van der Waals surface area contributed by atoms with Crippen LogP contribution >= 0.6 is 0 Å². The molecular formula is C12H17N. The first kappa shape index (κ1) is 8.76. The van der Waals surface area contributed by atoms with Gasteiger partial charge in [-0.05, 0) is 37.1 Å². The normalized spacial score (nSPS) is 17.9. The highest BCUT2D eigenvalue weighted by Crippen LogP contribution is 2.17. The largest absolute Gasteiger partial charge is 0.299 e. The summed E-state index contributed by atoms with van der Waals surface area (Å²) in [4.78, 5) is 2.52. The average Bonchev–Trinajstić information content (AvgIpc) is 2.38. The van der Waals surface area contributed by atoms with Crippen LogP contribution in [-0.4, -0.2) is 18.0 Å². The molecule has 0 fully saturated rings. The van der Waals surface area contributed by atoms with E-state index in [0.29, 0.717) is 0 Å². The van der Waals surface area contributed by atoms with Crippen molar-refractivity contribution >= 4 is 0 Å². The Hall–Kier alpha value is -0.820. The van der Waals surface area contributed by atoms with Gasteiger partial charge in [0.25, 0.3) is 0 Å². The minimum Gasteiger partial charge on any atom is -0.299 e. The Kier molecular flexibility index (Phi) is 2.65. The van der Waals surface area contributed by atoms with Crippen LogP contribution in [0.3, 0.4) is 0 Å². The second kappa shape index (κ2) is 3.93. The molecule has 1 heteroatoms. The molecule has 0 saturated heterocycles. The van der Waals surface area contributed by atoms with Crippen LogP contribution in [0.25, 0.3) is 0 Å². The van der Waals surface area contributed by atoms with Crippen molar-refractivity contribution in [2.45, 2.75) is 26.3 Å². The minimum atomic E-state index is 1.15. The highest BCUT2D eigenvalue weighted by atomic mass is 15.1. The van der Waals surface area contributed by atoms with Crippen molar-refractivity contribution in [1.29, 1.82) is 0 Å². The van der Waals surface area contributed by atoms with Crippen molar-refractivity contribution in [2.24, 2.45) is 0 Å². The molecule has 0 amide bonds. The van der Waals surface area contributed by atoms with Gasteiger partial charge in [0.15, 0.2) is 0 Å². The molecule has 1 aromatic carbocycles. The second-order valence-corrected chi connectivity index (χ2v) is 3.74. The lowest BCUT2D eigenvalue weighted by molar-refractivity contribution is 0.284. The molecule has 0 aromatic heterocycles. The van der Waals surface area contributed by atoms with Crippen LogP contribution in [0, 0.1) is 0 Å². The van der Waals surface area contributed by atoms with Crippen LogP contribution in [0.5, 0.6) is 0 Å². The number of nitrogens with zero attached hydrogens (tertiary/aromatic N) is 1. The van der Waals surface area contributed by atoms with Crippen LogP contribution in [0.1, 0.15) is 24.5 Å². The van der Waals surface area contributed by atoms with Crippen molar-refractivity contribution in [1.82, 2.24) is 4.90 Å². The maximum absolute atomic E-state index is 2.52. The van der Waals surface area contributed by atoms with Gasteiger partial charge in [0.1, 0.15) is 0 Å². The second-order valence-electron chi connectivity index (χ2n) is 3.74. The number of benzene rings is 1. The van der Waals surface area contributed by atoms with Gasteiger partial charge in [-0.15, -0.1) is 0 Å². The molecule has 13 heavy (non-hydrogen) atoms. The van der Waals surface area contributed by atoms with E-state index in [0.717, 1.165) is 6.54 Å². The molecular weight excluding hydrogens is 158 g/mol. The van der Waals surface area contributed by atoms with Crippen LogP contribution in [0.2, 0.25) is 0 Å². The fourth-order valence-corrected chi connectivity index (χ4v) is 2.04. The lowest BCUT2D eigenvalue weighted by Crippen LogP contribution is -2.22. The minimum absolute atomic E-state index is 1.15. The number of fused-ring (bicyclic) bond motifs is 1. The van der Waals surface area contributed by atoms with E-state index in [9.17, 15) is 0 Å². The third-order valence-corrected chi connectivity index (χ3v) is 2.88. The number of hydrogen-bond donors (Lipinski definition) is 0. The van der Waals surface area contributed by atoms with E-state index in [-0.39, 0.29) is 0 Å². The summed E-state index contributed by atoms with van der Waals surface area (Å²) in [6, 6.07) is 8.84. The van der Waals surface area contributed by atoms with Gasteiger partial charge in [-0.25, -0.2) is 0 Å². The van der Waals surface area contributed by atoms with Crippen molar-refractivity contribution in [3.05, 3.63) is 35.4 Å². The van der Waals surface area contributed by atoms with Gasteiger partial charge in [0.05, 0.1) is 0 Å². The predicted octanol–water partition coefficient (Wildman–Crippen LogP) is 2.45. The summed E-state index contributed by atoms with van der Waals surface area (Å²) in [6.45, 7) is 5.82. The molecule has 0 radical (unpaired) electrons. The molecule has 0 saturated carbocycles. The summed E-state index contributed by atoms with van der Waals surface area (Å²) in [7, 11) is 0. The molecule has 0 unspecified atom stereocenters. The Morgan fingerprint density at radius 1 is 1.23 bits per heavy atom. The van der Waals surface area contributed by atoms with E-state index < -0.39 is 0 Å². The lowest BCUT2D eigenvalue weighted by atomic mass is 10.0. The third-order valence-electron chi connectivity index (χ3n) is 2.88. The van der Waals surface area contributed by atoms with E-state index in [1.165, 1.54) is 31.5 Å². The molecule has 0 bridgehead atoms. The molecule has 1 aliphatic rings. The topological polar surface area (TPSA) is 3.24 Å². The number of hydrogen-bond acceptors (Lipinski definition) is 1. The summed E-state index contributed by atoms with van der Waals surface area (Å²) in [5, 5.41) is 0. The SMILES string of the molecule is CCN1CCCc2ccccc2C1. The van der Waals surface area contributed by atoms with Crippen molar-refractivity contribution in [2.75, 3.05) is 13.1 Å². The fraction of sp³-hybridized carbons (Fsp3) is 0.500. The van der Waals surface area contributed by atoms with E-state index in [4.69, 9.17) is 0 Å². The third kappa shape index (κ3) is 1.92. The summed E-state index contributed by atoms with van der Waals surface area (Å²) in [6.07, 6.45) is 2.57. The van der Waals surface area contributed by atoms with Crippen LogP contribution < -0.4 is 0 Å². The van der Waals surface area contributed by atoms with Crippen molar-refractivity contribution in [3.63, 3.8) is 0 Å². The van der Waals surface area contributed by atoms with Crippen LogP contribution in [0.15, 0.2) is 24.3 Å². The van der Waals surface area contributed by atoms with Crippen molar-refractivity contribution < 1.29 is 0 Å². The van der Waals surface area contributed by atoms with E-state index in [2.05, 4.69) is 36.1 Å². The van der Waals surface area contributed by atoms with E-state index in [1.807, 2.05) is 0 Å². The molecule has 0 N–H and O–H groups in total. The van der Waals surface area contributed by atoms with Gasteiger partial charge in [-0.3, -0.25) is 4.90 Å². The molecule has 1 aromatic rings. The maximum atomic E-state index is 2.52. The van der Waals surface area contributed by atoms with Gasteiger partial charge in [-0.1, -0.05) is 31.2 Å². The fourth-order valence-electron chi connectivity index (χ4n) is 2.04. The molecule has 0 atom stereocenters. The lowest BCUT2D eigenvalue weighted by Gasteiger charge is -2.17. The Morgan fingerprint density at radius 3 is 2.77 bits per heavy atom. The maximum Gasteiger partial charge on any atom is 0.0236 e. The van der Waals surface area contributed by atoms with Crippen LogP contribution in [-0.2, 0) is 13.0 Å². The first-order chi connectivity index (χ1) is 6.40. The number of rotatable bonds is 1. The average molecular weight is 175 g/mol. The highest BCUT2D eigenvalue weighted by Gasteiger charge is 2.11. The van der Waals surface area contributed by atoms with Gasteiger partial charge < -0.3 is 0 Å². The van der Waals surface area contributed by atoms with Gasteiger partial charge in [-0.2, -0.15) is 0 Å². The Bertz CT molecular complexity index is 280.